The monoisotopic (exact) mass is 626 g/mol. The molecule has 0 aromatic heterocycles. The molecule has 0 unspecified atom stereocenters. The van der Waals surface area contributed by atoms with Gasteiger partial charge in [-0.3, -0.25) is 4.79 Å². The molecule has 0 heterocycles. The molecule has 0 radical (unpaired) electrons. The Morgan fingerprint density at radius 2 is 1.23 bits per heavy atom. The van der Waals surface area contributed by atoms with Crippen molar-refractivity contribution in [3.63, 3.8) is 0 Å². The zero-order valence-electron chi connectivity index (χ0n) is 26.9. The van der Waals surface area contributed by atoms with Crippen LogP contribution in [0.2, 0.25) is 0 Å². The van der Waals surface area contributed by atoms with Crippen LogP contribution >= 0.6 is 0 Å². The fraction of sp³-hybridized carbons (Fsp3) is 0.146. The minimum Gasteiger partial charge on any atom is -0.489 e. The van der Waals surface area contributed by atoms with Crippen molar-refractivity contribution in [2.45, 2.75) is 39.7 Å². The molecule has 47 heavy (non-hydrogen) atoms. The average molecular weight is 627 g/mol. The molecule has 0 atom stereocenters. The molecule has 0 saturated carbocycles. The van der Waals surface area contributed by atoms with Crippen LogP contribution in [0.4, 0.5) is 0 Å². The van der Waals surface area contributed by atoms with Crippen LogP contribution in [0.15, 0.2) is 127 Å². The number of hydrogen-bond acceptors (Lipinski definition) is 4. The lowest BCUT2D eigenvalue weighted by Crippen LogP contribution is -2.16. The van der Waals surface area contributed by atoms with Gasteiger partial charge in [0.15, 0.2) is 5.78 Å². The lowest BCUT2D eigenvalue weighted by atomic mass is 9.80. The highest BCUT2D eigenvalue weighted by atomic mass is 16.5. The molecule has 5 aromatic rings. The normalized spacial score (nSPS) is 11.0. The first-order valence-electron chi connectivity index (χ1n) is 15.2. The topological polar surface area (TPSA) is 101 Å². The van der Waals surface area contributed by atoms with Gasteiger partial charge in [-0.1, -0.05) is 117 Å². The summed E-state index contributed by atoms with van der Waals surface area (Å²) < 4.78 is 6.39. The summed E-state index contributed by atoms with van der Waals surface area (Å²) >= 11 is 0. The van der Waals surface area contributed by atoms with E-state index < -0.39 is 11.9 Å². The maximum Gasteiger partial charge on any atom is 0.335 e. The second kappa shape index (κ2) is 15.5. The van der Waals surface area contributed by atoms with Gasteiger partial charge in [0.2, 0.25) is 0 Å². The number of aromatic carboxylic acids is 2. The number of carboxylic acid groups (broad SMARTS) is 2. The van der Waals surface area contributed by atoms with Crippen molar-refractivity contribution >= 4 is 23.8 Å². The van der Waals surface area contributed by atoms with E-state index in [0.717, 1.165) is 33.4 Å². The summed E-state index contributed by atoms with van der Waals surface area (Å²) in [6.07, 6.45) is 3.21. The van der Waals surface area contributed by atoms with Gasteiger partial charge in [0.25, 0.3) is 0 Å². The number of carboxylic acids is 2. The van der Waals surface area contributed by atoms with E-state index in [0.29, 0.717) is 23.5 Å². The first kappa shape index (κ1) is 34.1. The van der Waals surface area contributed by atoms with Crippen LogP contribution in [-0.2, 0) is 12.0 Å². The number of ketones is 1. The standard InChI is InChI=1S/C34H32O4.C7H6O2/c1-23-10-15-26(16-11-23)29-20-28(30(35)19-14-24-12-17-27(18-13-24)33(36)37)21-31(32(29)34(2,3)4)38-22-25-8-6-5-7-9-25;8-7(9)6-4-2-1-3-5-6/h5-21H,22H2,1-4H3,(H,36,37);1-5H,(H,8,9)/b19-14+;. The van der Waals surface area contributed by atoms with Gasteiger partial charge in [-0.15, -0.1) is 0 Å². The molecule has 5 rings (SSSR count). The van der Waals surface area contributed by atoms with Crippen LogP contribution < -0.4 is 4.74 Å². The number of benzene rings is 5. The maximum atomic E-state index is 13.4. The molecule has 0 aliphatic rings. The van der Waals surface area contributed by atoms with Gasteiger partial charge >= 0.3 is 11.9 Å². The van der Waals surface area contributed by atoms with E-state index in [1.807, 2.05) is 42.5 Å². The number of aryl methyl sites for hydroxylation is 1. The minimum absolute atomic E-state index is 0.161. The molecule has 6 heteroatoms. The van der Waals surface area contributed by atoms with Crippen molar-refractivity contribution in [3.8, 4) is 16.9 Å². The van der Waals surface area contributed by atoms with Gasteiger partial charge in [-0.2, -0.15) is 0 Å². The Balaban J connectivity index is 0.000000479. The Morgan fingerprint density at radius 3 is 1.77 bits per heavy atom. The van der Waals surface area contributed by atoms with Crippen molar-refractivity contribution in [3.05, 3.63) is 166 Å². The molecular weight excluding hydrogens is 588 g/mol. The van der Waals surface area contributed by atoms with Crippen molar-refractivity contribution in [1.29, 1.82) is 0 Å². The van der Waals surface area contributed by atoms with Crippen LogP contribution in [0.1, 0.15) is 74.1 Å². The quantitative estimate of drug-likeness (QED) is 0.125. The first-order valence-corrected chi connectivity index (χ1v) is 15.2. The fourth-order valence-electron chi connectivity index (χ4n) is 4.93. The smallest absolute Gasteiger partial charge is 0.335 e. The predicted molar refractivity (Wildman–Crippen MR) is 186 cm³/mol. The summed E-state index contributed by atoms with van der Waals surface area (Å²) in [5, 5.41) is 17.5. The van der Waals surface area contributed by atoms with E-state index in [2.05, 4.69) is 52.0 Å². The number of ether oxygens (including phenoxy) is 1. The van der Waals surface area contributed by atoms with E-state index in [9.17, 15) is 14.4 Å². The summed E-state index contributed by atoms with van der Waals surface area (Å²) in [5.41, 5.74) is 6.80. The van der Waals surface area contributed by atoms with Crippen LogP contribution in [-0.4, -0.2) is 27.9 Å². The molecular formula is C41H38O6. The highest BCUT2D eigenvalue weighted by molar-refractivity contribution is 6.08. The third-order valence-electron chi connectivity index (χ3n) is 7.34. The summed E-state index contributed by atoms with van der Waals surface area (Å²) in [7, 11) is 0. The van der Waals surface area contributed by atoms with E-state index >= 15 is 0 Å². The third-order valence-corrected chi connectivity index (χ3v) is 7.34. The lowest BCUT2D eigenvalue weighted by molar-refractivity contribution is 0.0686. The lowest BCUT2D eigenvalue weighted by Gasteiger charge is -2.27. The summed E-state index contributed by atoms with van der Waals surface area (Å²) in [4.78, 5) is 34.7. The van der Waals surface area contributed by atoms with E-state index in [4.69, 9.17) is 14.9 Å². The van der Waals surface area contributed by atoms with E-state index in [1.165, 1.54) is 18.2 Å². The molecule has 5 aromatic carbocycles. The SMILES string of the molecule is Cc1ccc(-c2cc(C(=O)/C=C/c3ccc(C(=O)O)cc3)cc(OCc3ccccc3)c2C(C)(C)C)cc1.O=C(O)c1ccccc1. The molecule has 0 saturated heterocycles. The van der Waals surface area contributed by atoms with Crippen LogP contribution in [0.25, 0.3) is 17.2 Å². The van der Waals surface area contributed by atoms with Gasteiger partial charge in [-0.25, -0.2) is 9.59 Å². The number of hydrogen-bond donors (Lipinski definition) is 2. The van der Waals surface area contributed by atoms with E-state index in [-0.39, 0.29) is 16.8 Å². The van der Waals surface area contributed by atoms with Gasteiger partial charge in [0, 0.05) is 11.1 Å². The largest absolute Gasteiger partial charge is 0.489 e. The Bertz CT molecular complexity index is 1850. The molecule has 238 valence electrons. The molecule has 0 bridgehead atoms. The summed E-state index contributed by atoms with van der Waals surface area (Å²) in [5.74, 6) is -1.34. The van der Waals surface area contributed by atoms with Crippen LogP contribution in [0.5, 0.6) is 5.75 Å². The summed E-state index contributed by atoms with van der Waals surface area (Å²) in [6, 6.07) is 36.8. The first-order chi connectivity index (χ1) is 22.4. The Hall–Kier alpha value is -5.75. The summed E-state index contributed by atoms with van der Waals surface area (Å²) in [6.45, 7) is 8.89. The Kier molecular flexibility index (Phi) is 11.3. The maximum absolute atomic E-state index is 13.4. The minimum atomic E-state index is -0.984. The number of carbonyl (C=O) groups excluding carboxylic acids is 1. The predicted octanol–water partition coefficient (Wildman–Crippen LogP) is 9.52. The second-order valence-electron chi connectivity index (χ2n) is 12.1. The number of carbonyl (C=O) groups is 3. The zero-order valence-corrected chi connectivity index (χ0v) is 26.9. The van der Waals surface area contributed by atoms with Crippen molar-refractivity contribution in [1.82, 2.24) is 0 Å². The number of allylic oxidation sites excluding steroid dienone is 1. The second-order valence-corrected chi connectivity index (χ2v) is 12.1. The van der Waals surface area contributed by atoms with E-state index in [1.54, 1.807) is 48.5 Å². The average Bonchev–Trinajstić information content (AvgIpc) is 3.07. The molecule has 0 aliphatic carbocycles. The third kappa shape index (κ3) is 9.62. The molecule has 0 fully saturated rings. The molecule has 0 spiro atoms. The number of rotatable bonds is 9. The highest BCUT2D eigenvalue weighted by Gasteiger charge is 2.26. The molecule has 0 aliphatic heterocycles. The van der Waals surface area contributed by atoms with Crippen molar-refractivity contribution < 1.29 is 29.3 Å². The molecule has 2 N–H and O–H groups in total. The fourth-order valence-corrected chi connectivity index (χ4v) is 4.93. The Labute approximate surface area is 275 Å². The van der Waals surface area contributed by atoms with Crippen molar-refractivity contribution in [2.24, 2.45) is 0 Å². The van der Waals surface area contributed by atoms with Crippen molar-refractivity contribution in [2.75, 3.05) is 0 Å². The van der Waals surface area contributed by atoms with Crippen LogP contribution in [0.3, 0.4) is 0 Å². The molecule has 0 amide bonds. The van der Waals surface area contributed by atoms with Gasteiger partial charge in [0.05, 0.1) is 11.1 Å². The van der Waals surface area contributed by atoms with Gasteiger partial charge in [-0.05, 0) is 77.1 Å². The Morgan fingerprint density at radius 1 is 0.681 bits per heavy atom. The van der Waals surface area contributed by atoms with Gasteiger partial charge in [0.1, 0.15) is 12.4 Å². The highest BCUT2D eigenvalue weighted by Crippen LogP contribution is 2.41. The molecule has 6 nitrogen and oxygen atoms in total. The van der Waals surface area contributed by atoms with Gasteiger partial charge < -0.3 is 14.9 Å². The van der Waals surface area contributed by atoms with Crippen LogP contribution in [0, 0.1) is 6.92 Å². The zero-order chi connectivity index (χ0) is 34.0.